The summed E-state index contributed by atoms with van der Waals surface area (Å²) in [5.74, 6) is 0.157. The lowest BCUT2D eigenvalue weighted by molar-refractivity contribution is 0.547. The Morgan fingerprint density at radius 2 is 1.95 bits per heavy atom. The van der Waals surface area contributed by atoms with E-state index in [0.29, 0.717) is 12.5 Å². The van der Waals surface area contributed by atoms with Crippen LogP contribution in [-0.4, -0.2) is 31.7 Å². The molecule has 0 aliphatic rings. The van der Waals surface area contributed by atoms with Crippen molar-refractivity contribution in [3.8, 4) is 0 Å². The van der Waals surface area contributed by atoms with E-state index < -0.39 is 10.0 Å². The number of rotatable bonds is 9. The van der Waals surface area contributed by atoms with Crippen molar-refractivity contribution in [2.24, 2.45) is 0 Å². The summed E-state index contributed by atoms with van der Waals surface area (Å²) in [6.07, 6.45) is 3.18. The number of hydrogen-bond acceptors (Lipinski definition) is 4. The smallest absolute Gasteiger partial charge is 0.212 e. The molecule has 1 unspecified atom stereocenters. The predicted octanol–water partition coefficient (Wildman–Crippen LogP) is 1.84. The Morgan fingerprint density at radius 3 is 2.55 bits per heavy atom. The van der Waals surface area contributed by atoms with Crippen LogP contribution in [0.25, 0.3) is 0 Å². The summed E-state index contributed by atoms with van der Waals surface area (Å²) in [6, 6.07) is 5.63. The first-order valence-corrected chi connectivity index (χ1v) is 8.70. The highest BCUT2D eigenvalue weighted by molar-refractivity contribution is 7.89. The van der Waals surface area contributed by atoms with Gasteiger partial charge in [0, 0.05) is 12.2 Å². The largest absolute Gasteiger partial charge is 0.315 e. The zero-order chi connectivity index (χ0) is 15.0. The van der Waals surface area contributed by atoms with Gasteiger partial charge in [0.25, 0.3) is 0 Å². The second-order valence-electron chi connectivity index (χ2n) is 5.23. The lowest BCUT2D eigenvalue weighted by atomic mass is 10.2. The predicted molar refractivity (Wildman–Crippen MR) is 81.9 cm³/mol. The number of pyridine rings is 1. The van der Waals surface area contributed by atoms with E-state index in [0.717, 1.165) is 18.7 Å². The molecule has 0 saturated heterocycles. The van der Waals surface area contributed by atoms with Crippen LogP contribution in [0.1, 0.15) is 45.3 Å². The zero-order valence-corrected chi connectivity index (χ0v) is 13.3. The summed E-state index contributed by atoms with van der Waals surface area (Å²) in [4.78, 5) is 4.15. The van der Waals surface area contributed by atoms with Crippen LogP contribution < -0.4 is 10.0 Å². The molecule has 0 spiro atoms. The molecule has 1 atom stereocenters. The normalized spacial score (nSPS) is 13.6. The third-order valence-corrected chi connectivity index (χ3v) is 4.42. The molecule has 1 rings (SSSR count). The van der Waals surface area contributed by atoms with Crippen molar-refractivity contribution >= 4 is 10.0 Å². The molecule has 1 aromatic heterocycles. The SMILES string of the molecule is CC(C)NCCCCS(=O)(=O)NC(C)c1ccccn1. The highest BCUT2D eigenvalue weighted by atomic mass is 32.2. The maximum absolute atomic E-state index is 12.0. The first-order valence-electron chi connectivity index (χ1n) is 7.05. The monoisotopic (exact) mass is 299 g/mol. The third-order valence-electron chi connectivity index (χ3n) is 2.88. The van der Waals surface area contributed by atoms with Gasteiger partial charge in [-0.15, -0.1) is 0 Å². The molecule has 6 heteroatoms. The first kappa shape index (κ1) is 17.1. The van der Waals surface area contributed by atoms with Crippen molar-refractivity contribution in [3.05, 3.63) is 30.1 Å². The Balaban J connectivity index is 2.34. The van der Waals surface area contributed by atoms with Crippen LogP contribution in [0.2, 0.25) is 0 Å². The number of unbranched alkanes of at least 4 members (excludes halogenated alkanes) is 1. The maximum atomic E-state index is 12.0. The van der Waals surface area contributed by atoms with E-state index in [4.69, 9.17) is 0 Å². The average molecular weight is 299 g/mol. The summed E-state index contributed by atoms with van der Waals surface area (Å²) in [5, 5.41) is 3.27. The Kier molecular flexibility index (Phi) is 7.12. The van der Waals surface area contributed by atoms with Crippen molar-refractivity contribution in [3.63, 3.8) is 0 Å². The average Bonchev–Trinajstić information content (AvgIpc) is 2.38. The minimum absolute atomic E-state index is 0.157. The Hall–Kier alpha value is -0.980. The molecule has 0 aliphatic carbocycles. The Bertz CT molecular complexity index is 474. The van der Waals surface area contributed by atoms with Crippen LogP contribution in [-0.2, 0) is 10.0 Å². The summed E-state index contributed by atoms with van der Waals surface area (Å²) in [6.45, 7) is 6.81. The molecule has 0 saturated carbocycles. The van der Waals surface area contributed by atoms with Crippen LogP contribution in [0.5, 0.6) is 0 Å². The number of nitrogens with one attached hydrogen (secondary N) is 2. The van der Waals surface area contributed by atoms with Crippen LogP contribution in [0.15, 0.2) is 24.4 Å². The molecule has 0 bridgehead atoms. The fourth-order valence-electron chi connectivity index (χ4n) is 1.83. The molecular weight excluding hydrogens is 274 g/mol. The Morgan fingerprint density at radius 1 is 1.20 bits per heavy atom. The summed E-state index contributed by atoms with van der Waals surface area (Å²) < 4.78 is 26.6. The minimum Gasteiger partial charge on any atom is -0.315 e. The minimum atomic E-state index is -3.25. The lowest BCUT2D eigenvalue weighted by Crippen LogP contribution is -2.30. The van der Waals surface area contributed by atoms with Crippen LogP contribution in [0.3, 0.4) is 0 Å². The van der Waals surface area contributed by atoms with Crippen molar-refractivity contribution in [2.75, 3.05) is 12.3 Å². The van der Waals surface area contributed by atoms with Gasteiger partial charge in [-0.3, -0.25) is 4.98 Å². The number of sulfonamides is 1. The highest BCUT2D eigenvalue weighted by Crippen LogP contribution is 2.10. The lowest BCUT2D eigenvalue weighted by Gasteiger charge is -2.14. The molecule has 5 nitrogen and oxygen atoms in total. The molecule has 2 N–H and O–H groups in total. The van der Waals surface area contributed by atoms with E-state index in [1.54, 1.807) is 13.1 Å². The van der Waals surface area contributed by atoms with Crippen molar-refractivity contribution in [1.29, 1.82) is 0 Å². The molecule has 1 heterocycles. The maximum Gasteiger partial charge on any atom is 0.212 e. The van der Waals surface area contributed by atoms with Gasteiger partial charge in [0.05, 0.1) is 17.5 Å². The summed E-state index contributed by atoms with van der Waals surface area (Å²) >= 11 is 0. The van der Waals surface area contributed by atoms with Gasteiger partial charge >= 0.3 is 0 Å². The van der Waals surface area contributed by atoms with E-state index in [-0.39, 0.29) is 11.8 Å². The van der Waals surface area contributed by atoms with Crippen molar-refractivity contribution in [1.82, 2.24) is 15.0 Å². The van der Waals surface area contributed by atoms with E-state index in [9.17, 15) is 8.42 Å². The van der Waals surface area contributed by atoms with Crippen molar-refractivity contribution < 1.29 is 8.42 Å². The van der Waals surface area contributed by atoms with Gasteiger partial charge in [-0.05, 0) is 38.4 Å². The first-order chi connectivity index (χ1) is 9.41. The molecule has 0 aromatic carbocycles. The third kappa shape index (κ3) is 6.98. The molecule has 0 amide bonds. The fourth-order valence-corrected chi connectivity index (χ4v) is 3.19. The molecule has 114 valence electrons. The van der Waals surface area contributed by atoms with E-state index in [1.807, 2.05) is 18.2 Å². The van der Waals surface area contributed by atoms with Crippen LogP contribution in [0.4, 0.5) is 0 Å². The molecule has 20 heavy (non-hydrogen) atoms. The molecular formula is C14H25N3O2S. The summed E-state index contributed by atoms with van der Waals surface area (Å²) in [5.41, 5.74) is 0.734. The summed E-state index contributed by atoms with van der Waals surface area (Å²) in [7, 11) is -3.25. The second-order valence-corrected chi connectivity index (χ2v) is 7.10. The van der Waals surface area contributed by atoms with Gasteiger partial charge in [-0.2, -0.15) is 0 Å². The van der Waals surface area contributed by atoms with Gasteiger partial charge in [-0.1, -0.05) is 19.9 Å². The van der Waals surface area contributed by atoms with Gasteiger partial charge in [0.2, 0.25) is 10.0 Å². The molecule has 0 aliphatic heterocycles. The second kappa shape index (κ2) is 8.34. The molecule has 1 aromatic rings. The highest BCUT2D eigenvalue weighted by Gasteiger charge is 2.15. The van der Waals surface area contributed by atoms with Crippen molar-refractivity contribution in [2.45, 2.75) is 45.7 Å². The fraction of sp³-hybridized carbons (Fsp3) is 0.643. The van der Waals surface area contributed by atoms with Crippen LogP contribution >= 0.6 is 0 Å². The van der Waals surface area contributed by atoms with Crippen LogP contribution in [0, 0.1) is 0 Å². The van der Waals surface area contributed by atoms with Gasteiger partial charge in [0.15, 0.2) is 0 Å². The van der Waals surface area contributed by atoms with Gasteiger partial charge in [0.1, 0.15) is 0 Å². The molecule has 0 radical (unpaired) electrons. The van der Waals surface area contributed by atoms with Gasteiger partial charge < -0.3 is 5.32 Å². The topological polar surface area (TPSA) is 71.1 Å². The van der Waals surface area contributed by atoms with E-state index >= 15 is 0 Å². The zero-order valence-electron chi connectivity index (χ0n) is 12.5. The van der Waals surface area contributed by atoms with E-state index in [2.05, 4.69) is 28.9 Å². The van der Waals surface area contributed by atoms with Gasteiger partial charge in [-0.25, -0.2) is 13.1 Å². The standard InChI is InChI=1S/C14H25N3O2S/c1-12(2)15-9-6-7-11-20(18,19)17-13(3)14-8-4-5-10-16-14/h4-5,8,10,12-13,15,17H,6-7,9,11H2,1-3H3. The number of aromatic nitrogens is 1. The quantitative estimate of drug-likeness (QED) is 0.683. The number of hydrogen-bond donors (Lipinski definition) is 2. The Labute approximate surface area is 122 Å². The number of nitrogens with zero attached hydrogens (tertiary/aromatic N) is 1. The van der Waals surface area contributed by atoms with E-state index in [1.165, 1.54) is 0 Å². The molecule has 0 fully saturated rings.